The summed E-state index contributed by atoms with van der Waals surface area (Å²) in [4.78, 5) is 20.7. The Kier molecular flexibility index (Phi) is 6.27. The average Bonchev–Trinajstić information content (AvgIpc) is 2.67. The number of anilines is 2. The highest BCUT2D eigenvalue weighted by Gasteiger charge is 2.31. The minimum absolute atomic E-state index is 0.281. The number of alkyl halides is 3. The van der Waals surface area contributed by atoms with Gasteiger partial charge in [0, 0.05) is 16.6 Å². The summed E-state index contributed by atoms with van der Waals surface area (Å²) in [6.07, 6.45) is -3.47. The number of fused-ring (bicyclic) bond motifs is 1. The molecule has 1 heterocycles. The van der Waals surface area contributed by atoms with E-state index in [4.69, 9.17) is 0 Å². The molecule has 1 unspecified atom stereocenters. The van der Waals surface area contributed by atoms with Gasteiger partial charge in [-0.05, 0) is 63.2 Å². The number of hydrogen-bond acceptors (Lipinski definition) is 6. The Morgan fingerprint density at radius 1 is 1.06 bits per heavy atom. The second-order valence-corrected chi connectivity index (χ2v) is 9.43. The van der Waals surface area contributed by atoms with E-state index in [9.17, 15) is 22.5 Å². The average molecular weight is 452 g/mol. The van der Waals surface area contributed by atoms with Crippen molar-refractivity contribution >= 4 is 39.7 Å². The van der Waals surface area contributed by atoms with Gasteiger partial charge in [0.2, 0.25) is 0 Å². The Bertz CT molecular complexity index is 1090. The Hall–Kier alpha value is -3.05. The van der Waals surface area contributed by atoms with Gasteiger partial charge >= 0.3 is 6.36 Å². The van der Waals surface area contributed by atoms with Crippen LogP contribution in [-0.2, 0) is 11.4 Å². The number of amides is 1. The molecular weight excluding hydrogens is 433 g/mol. The van der Waals surface area contributed by atoms with Gasteiger partial charge in [-0.3, -0.25) is 4.79 Å². The van der Waals surface area contributed by atoms with Crippen LogP contribution in [0, 0.1) is 0 Å². The highest BCUT2D eigenvalue weighted by molar-refractivity contribution is 7.91. The lowest BCUT2D eigenvalue weighted by atomic mass is 10.1. The molecule has 0 aliphatic heterocycles. The molecule has 0 saturated carbocycles. The number of halogens is 3. The molecule has 3 rings (SSSR count). The lowest BCUT2D eigenvalue weighted by molar-refractivity contribution is -0.274. The van der Waals surface area contributed by atoms with Gasteiger partial charge in [0.15, 0.2) is 0 Å². The number of benzene rings is 2. The van der Waals surface area contributed by atoms with Crippen LogP contribution >= 0.6 is 0 Å². The van der Waals surface area contributed by atoms with Crippen molar-refractivity contribution in [2.24, 2.45) is 0 Å². The number of ether oxygens (including phenoxy) is 1. The van der Waals surface area contributed by atoms with Crippen molar-refractivity contribution in [1.29, 1.82) is 0 Å². The summed E-state index contributed by atoms with van der Waals surface area (Å²) in [6, 6.07) is 9.91. The number of nitrogens with zero attached hydrogens (tertiary/aromatic N) is 2. The minimum Gasteiger partial charge on any atom is -0.593 e. The molecule has 2 aromatic carbocycles. The molecule has 0 saturated heterocycles. The van der Waals surface area contributed by atoms with Crippen LogP contribution < -0.4 is 14.8 Å². The molecule has 1 atom stereocenters. The molecule has 3 aromatic rings. The van der Waals surface area contributed by atoms with E-state index < -0.39 is 28.4 Å². The molecule has 0 fully saturated rings. The highest BCUT2D eigenvalue weighted by Crippen LogP contribution is 2.27. The number of carbonyl (C=O) groups excluding carboxylic acids is 1. The maximum Gasteiger partial charge on any atom is 0.573 e. The van der Waals surface area contributed by atoms with Gasteiger partial charge in [-0.1, -0.05) is 0 Å². The van der Waals surface area contributed by atoms with Crippen LogP contribution in [-0.4, -0.2) is 31.5 Å². The molecule has 31 heavy (non-hydrogen) atoms. The predicted octanol–water partition coefficient (Wildman–Crippen LogP) is 4.46. The van der Waals surface area contributed by atoms with Crippen molar-refractivity contribution < 1.29 is 27.3 Å². The maximum absolute atomic E-state index is 12.4. The summed E-state index contributed by atoms with van der Waals surface area (Å²) in [5.41, 5.74) is 1.23. The summed E-state index contributed by atoms with van der Waals surface area (Å²) >= 11 is -1.57. The van der Waals surface area contributed by atoms with Crippen molar-refractivity contribution in [2.75, 3.05) is 5.32 Å². The molecule has 0 radical (unpaired) electrons. The zero-order chi connectivity index (χ0) is 22.8. The fourth-order valence-corrected chi connectivity index (χ4v) is 3.06. The molecule has 1 amide bonds. The third kappa shape index (κ3) is 5.98. The minimum atomic E-state index is -4.76. The highest BCUT2D eigenvalue weighted by atomic mass is 32.2. The smallest absolute Gasteiger partial charge is 0.573 e. The topological polar surface area (TPSA) is 99.2 Å². The Labute approximate surface area is 179 Å². The van der Waals surface area contributed by atoms with Gasteiger partial charge in [-0.15, -0.1) is 13.2 Å². The molecule has 0 aliphatic carbocycles. The van der Waals surface area contributed by atoms with E-state index in [0.717, 1.165) is 0 Å². The Morgan fingerprint density at radius 2 is 1.74 bits per heavy atom. The molecule has 164 valence electrons. The summed E-state index contributed by atoms with van der Waals surface area (Å²) in [5.74, 6) is -0.433. The lowest BCUT2D eigenvalue weighted by Gasteiger charge is -2.23. The first-order valence-electron chi connectivity index (χ1n) is 9.03. The molecular formula is C20H19F3N4O3S. The monoisotopic (exact) mass is 452 g/mol. The quantitative estimate of drug-likeness (QED) is 0.555. The summed E-state index contributed by atoms with van der Waals surface area (Å²) in [6.45, 7) is 5.24. The standard InChI is InChI=1S/C20H19F3N4O3S/c1-19(2,3)31(29)27-18(28)12-4-9-15-16(10-12)24-11-25-17(15)26-13-5-7-14(8-6-13)30-20(21,22)23/h4-11H,1-3H3,(H,27,28)(H,24,25,26). The van der Waals surface area contributed by atoms with Crippen molar-refractivity contribution in [3.8, 4) is 5.75 Å². The van der Waals surface area contributed by atoms with Gasteiger partial charge < -0.3 is 14.6 Å². The summed E-state index contributed by atoms with van der Waals surface area (Å²) in [7, 11) is 0. The first-order chi connectivity index (χ1) is 14.4. The van der Waals surface area contributed by atoms with Crippen LogP contribution in [0.4, 0.5) is 24.7 Å². The molecule has 0 bridgehead atoms. The van der Waals surface area contributed by atoms with E-state index in [0.29, 0.717) is 22.4 Å². The first-order valence-corrected chi connectivity index (χ1v) is 10.2. The Morgan fingerprint density at radius 3 is 2.35 bits per heavy atom. The second kappa shape index (κ2) is 8.60. The van der Waals surface area contributed by atoms with Gasteiger partial charge in [0.1, 0.15) is 22.6 Å². The van der Waals surface area contributed by atoms with Crippen LogP contribution in [0.3, 0.4) is 0 Å². The van der Waals surface area contributed by atoms with Crippen molar-refractivity contribution in [3.05, 3.63) is 54.4 Å². The first kappa shape index (κ1) is 22.6. The van der Waals surface area contributed by atoms with Gasteiger partial charge in [-0.2, -0.15) is 4.72 Å². The second-order valence-electron chi connectivity index (χ2n) is 7.46. The van der Waals surface area contributed by atoms with E-state index in [1.165, 1.54) is 36.7 Å². The maximum atomic E-state index is 12.4. The fourth-order valence-electron chi connectivity index (χ4n) is 2.47. The van der Waals surface area contributed by atoms with Crippen molar-refractivity contribution in [2.45, 2.75) is 31.9 Å². The predicted molar refractivity (Wildman–Crippen MR) is 111 cm³/mol. The molecule has 7 nitrogen and oxygen atoms in total. The molecule has 11 heteroatoms. The molecule has 0 aliphatic rings. The third-order valence-corrected chi connectivity index (χ3v) is 5.47. The van der Waals surface area contributed by atoms with E-state index in [2.05, 4.69) is 24.7 Å². The largest absolute Gasteiger partial charge is 0.593 e. The number of hydrogen-bond donors (Lipinski definition) is 2. The molecule has 1 aromatic heterocycles. The molecule has 0 spiro atoms. The number of aromatic nitrogens is 2. The van der Waals surface area contributed by atoms with Crippen molar-refractivity contribution in [3.63, 3.8) is 0 Å². The van der Waals surface area contributed by atoms with Crippen LogP contribution in [0.15, 0.2) is 48.8 Å². The van der Waals surface area contributed by atoms with Crippen LogP contribution in [0.2, 0.25) is 0 Å². The van der Waals surface area contributed by atoms with Crippen LogP contribution in [0.5, 0.6) is 5.75 Å². The summed E-state index contributed by atoms with van der Waals surface area (Å²) in [5, 5.41) is 3.59. The Balaban J connectivity index is 1.79. The van der Waals surface area contributed by atoms with E-state index >= 15 is 0 Å². The lowest BCUT2D eigenvalue weighted by Crippen LogP contribution is -2.42. The van der Waals surface area contributed by atoms with E-state index in [1.54, 1.807) is 32.9 Å². The number of nitrogens with one attached hydrogen (secondary N) is 2. The third-order valence-electron chi connectivity index (χ3n) is 3.99. The van der Waals surface area contributed by atoms with E-state index in [-0.39, 0.29) is 11.3 Å². The van der Waals surface area contributed by atoms with Gasteiger partial charge in [0.25, 0.3) is 5.91 Å². The van der Waals surface area contributed by atoms with E-state index in [1.807, 2.05) is 0 Å². The fraction of sp³-hybridized carbons (Fsp3) is 0.250. The van der Waals surface area contributed by atoms with Crippen molar-refractivity contribution in [1.82, 2.24) is 14.7 Å². The van der Waals surface area contributed by atoms with Gasteiger partial charge in [-0.25, -0.2) is 9.97 Å². The van der Waals surface area contributed by atoms with Gasteiger partial charge in [0.05, 0.1) is 16.9 Å². The summed E-state index contributed by atoms with van der Waals surface area (Å²) < 4.78 is 54.7. The molecule has 2 N–H and O–H groups in total. The normalized spacial score (nSPS) is 13.0. The zero-order valence-corrected chi connectivity index (χ0v) is 17.6. The SMILES string of the molecule is CC(C)(C)[S+]([O-])NC(=O)c1ccc2c(Nc3ccc(OC(F)(F)F)cc3)ncnc2c1. The number of rotatable bonds is 5. The zero-order valence-electron chi connectivity index (χ0n) is 16.8. The number of carbonyl (C=O) groups is 1. The van der Waals surface area contributed by atoms with Crippen LogP contribution in [0.1, 0.15) is 31.1 Å². The van der Waals surface area contributed by atoms with Crippen LogP contribution in [0.25, 0.3) is 10.9 Å².